The van der Waals surface area contributed by atoms with E-state index in [1.807, 2.05) is 6.07 Å². The van der Waals surface area contributed by atoms with Gasteiger partial charge in [0.05, 0.1) is 17.2 Å². The second-order valence-electron chi connectivity index (χ2n) is 4.25. The first kappa shape index (κ1) is 14.1. The highest BCUT2D eigenvalue weighted by molar-refractivity contribution is 5.41. The predicted octanol–water partition coefficient (Wildman–Crippen LogP) is 4.31. The van der Waals surface area contributed by atoms with Gasteiger partial charge >= 0.3 is 6.18 Å². The number of alkyl halides is 3. The van der Waals surface area contributed by atoms with Crippen LogP contribution in [0.15, 0.2) is 42.5 Å². The maximum absolute atomic E-state index is 13.7. The third kappa shape index (κ3) is 2.97. The Hall–Kier alpha value is -2.35. The average molecular weight is 279 g/mol. The Morgan fingerprint density at radius 3 is 2.20 bits per heavy atom. The topological polar surface area (TPSA) is 23.8 Å². The van der Waals surface area contributed by atoms with Crippen molar-refractivity contribution in [3.8, 4) is 6.07 Å². The lowest BCUT2D eigenvalue weighted by molar-refractivity contribution is -0.137. The monoisotopic (exact) mass is 279 g/mol. The standard InChI is InChI=1S/C15H9F4N/c16-14-3-1-2-11(9-20)13(14)8-10-4-6-12(7-5-10)15(17,18)19/h1-7H,8H2. The van der Waals surface area contributed by atoms with Crippen LogP contribution in [-0.4, -0.2) is 0 Å². The zero-order valence-electron chi connectivity index (χ0n) is 10.2. The Labute approximate surface area is 113 Å². The number of nitrogens with zero attached hydrogens (tertiary/aromatic N) is 1. The molecule has 1 nitrogen and oxygen atoms in total. The Bertz CT molecular complexity index is 651. The van der Waals surface area contributed by atoms with E-state index < -0.39 is 17.6 Å². The number of halogens is 4. The van der Waals surface area contributed by atoms with Crippen molar-refractivity contribution < 1.29 is 17.6 Å². The molecule has 0 spiro atoms. The molecule has 0 atom stereocenters. The van der Waals surface area contributed by atoms with Crippen molar-refractivity contribution in [3.63, 3.8) is 0 Å². The fourth-order valence-electron chi connectivity index (χ4n) is 1.86. The number of nitriles is 1. The Morgan fingerprint density at radius 2 is 1.65 bits per heavy atom. The fourth-order valence-corrected chi connectivity index (χ4v) is 1.86. The summed E-state index contributed by atoms with van der Waals surface area (Å²) in [6.45, 7) is 0. The maximum Gasteiger partial charge on any atom is 0.416 e. The van der Waals surface area contributed by atoms with E-state index in [1.54, 1.807) is 0 Å². The first-order chi connectivity index (χ1) is 9.41. The van der Waals surface area contributed by atoms with Crippen LogP contribution in [0.5, 0.6) is 0 Å². The van der Waals surface area contributed by atoms with E-state index in [0.717, 1.165) is 12.1 Å². The molecule has 0 saturated heterocycles. The highest BCUT2D eigenvalue weighted by Gasteiger charge is 2.29. The molecular weight excluding hydrogens is 270 g/mol. The van der Waals surface area contributed by atoms with E-state index in [-0.39, 0.29) is 17.5 Å². The Kier molecular flexibility index (Phi) is 3.75. The fraction of sp³-hybridized carbons (Fsp3) is 0.133. The molecule has 0 bridgehead atoms. The first-order valence-electron chi connectivity index (χ1n) is 5.75. The molecule has 0 aromatic heterocycles. The second-order valence-corrected chi connectivity index (χ2v) is 4.25. The molecule has 0 aliphatic rings. The van der Waals surface area contributed by atoms with E-state index in [0.29, 0.717) is 5.56 Å². The van der Waals surface area contributed by atoms with Crippen molar-refractivity contribution in [2.75, 3.05) is 0 Å². The molecule has 0 fully saturated rings. The summed E-state index contributed by atoms with van der Waals surface area (Å²) < 4.78 is 50.9. The van der Waals surface area contributed by atoms with E-state index in [2.05, 4.69) is 0 Å². The van der Waals surface area contributed by atoms with Crippen molar-refractivity contribution in [1.82, 2.24) is 0 Å². The number of hydrogen-bond donors (Lipinski definition) is 0. The van der Waals surface area contributed by atoms with Gasteiger partial charge in [0.15, 0.2) is 0 Å². The van der Waals surface area contributed by atoms with Gasteiger partial charge in [-0.15, -0.1) is 0 Å². The lowest BCUT2D eigenvalue weighted by Gasteiger charge is -2.09. The number of hydrogen-bond acceptors (Lipinski definition) is 1. The van der Waals surface area contributed by atoms with Crippen molar-refractivity contribution in [2.24, 2.45) is 0 Å². The summed E-state index contributed by atoms with van der Waals surface area (Å²) in [5.74, 6) is -0.538. The van der Waals surface area contributed by atoms with Gasteiger partial charge in [0.25, 0.3) is 0 Å². The van der Waals surface area contributed by atoms with Crippen LogP contribution >= 0.6 is 0 Å². The number of benzene rings is 2. The van der Waals surface area contributed by atoms with E-state index in [4.69, 9.17) is 5.26 Å². The molecule has 0 aliphatic carbocycles. The van der Waals surface area contributed by atoms with Crippen molar-refractivity contribution in [3.05, 3.63) is 70.5 Å². The average Bonchev–Trinajstić information content (AvgIpc) is 2.40. The molecule has 2 aromatic rings. The smallest absolute Gasteiger partial charge is 0.207 e. The minimum Gasteiger partial charge on any atom is -0.207 e. The molecule has 5 heteroatoms. The van der Waals surface area contributed by atoms with Crippen molar-refractivity contribution in [2.45, 2.75) is 12.6 Å². The third-order valence-corrected chi connectivity index (χ3v) is 2.90. The second kappa shape index (κ2) is 5.33. The van der Waals surface area contributed by atoms with Crippen LogP contribution in [0, 0.1) is 17.1 Å². The molecule has 20 heavy (non-hydrogen) atoms. The summed E-state index contributed by atoms with van der Waals surface area (Å²) in [6, 6.07) is 10.5. The van der Waals surface area contributed by atoms with Crippen LogP contribution < -0.4 is 0 Å². The lowest BCUT2D eigenvalue weighted by atomic mass is 9.99. The molecule has 0 unspecified atom stereocenters. The van der Waals surface area contributed by atoms with E-state index in [1.165, 1.54) is 30.3 Å². The zero-order valence-corrected chi connectivity index (χ0v) is 10.2. The van der Waals surface area contributed by atoms with Crippen molar-refractivity contribution in [1.29, 1.82) is 5.26 Å². The highest BCUT2D eigenvalue weighted by Crippen LogP contribution is 2.29. The van der Waals surface area contributed by atoms with Gasteiger partial charge in [-0.25, -0.2) is 4.39 Å². The molecular formula is C15H9F4N. The third-order valence-electron chi connectivity index (χ3n) is 2.90. The predicted molar refractivity (Wildman–Crippen MR) is 65.4 cm³/mol. The molecule has 0 N–H and O–H groups in total. The molecule has 0 aliphatic heterocycles. The van der Waals surface area contributed by atoms with Crippen LogP contribution in [-0.2, 0) is 12.6 Å². The van der Waals surface area contributed by atoms with E-state index >= 15 is 0 Å². The van der Waals surface area contributed by atoms with Gasteiger partial charge in [0, 0.05) is 12.0 Å². The molecule has 2 rings (SSSR count). The minimum absolute atomic E-state index is 0.0771. The van der Waals surface area contributed by atoms with Crippen LogP contribution in [0.3, 0.4) is 0 Å². The van der Waals surface area contributed by atoms with Gasteiger partial charge in [0.2, 0.25) is 0 Å². The molecule has 0 amide bonds. The van der Waals surface area contributed by atoms with Gasteiger partial charge in [0.1, 0.15) is 5.82 Å². The molecule has 2 aromatic carbocycles. The minimum atomic E-state index is -4.39. The summed E-state index contributed by atoms with van der Waals surface area (Å²) in [5, 5.41) is 8.91. The van der Waals surface area contributed by atoms with Gasteiger partial charge in [-0.1, -0.05) is 18.2 Å². The van der Waals surface area contributed by atoms with Gasteiger partial charge in [-0.2, -0.15) is 18.4 Å². The van der Waals surface area contributed by atoms with Crippen molar-refractivity contribution >= 4 is 0 Å². The van der Waals surface area contributed by atoms with Gasteiger partial charge in [-0.05, 0) is 29.8 Å². The van der Waals surface area contributed by atoms with Gasteiger partial charge < -0.3 is 0 Å². The Morgan fingerprint density at radius 1 is 1.00 bits per heavy atom. The van der Waals surface area contributed by atoms with Crippen LogP contribution in [0.25, 0.3) is 0 Å². The first-order valence-corrected chi connectivity index (χ1v) is 5.75. The summed E-state index contributed by atoms with van der Waals surface area (Å²) >= 11 is 0. The summed E-state index contributed by atoms with van der Waals surface area (Å²) in [6.07, 6.45) is -4.32. The summed E-state index contributed by atoms with van der Waals surface area (Å²) in [7, 11) is 0. The molecule has 0 radical (unpaired) electrons. The number of rotatable bonds is 2. The highest BCUT2D eigenvalue weighted by atomic mass is 19.4. The summed E-state index contributed by atoms with van der Waals surface area (Å²) in [4.78, 5) is 0. The summed E-state index contributed by atoms with van der Waals surface area (Å²) in [5.41, 5.74) is 0.134. The Balaban J connectivity index is 2.30. The zero-order chi connectivity index (χ0) is 14.8. The SMILES string of the molecule is N#Cc1cccc(F)c1Cc1ccc(C(F)(F)F)cc1. The van der Waals surface area contributed by atoms with E-state index in [9.17, 15) is 17.6 Å². The largest absolute Gasteiger partial charge is 0.416 e. The quantitative estimate of drug-likeness (QED) is 0.751. The normalized spacial score (nSPS) is 11.2. The van der Waals surface area contributed by atoms with Crippen LogP contribution in [0.2, 0.25) is 0 Å². The molecule has 0 saturated carbocycles. The maximum atomic E-state index is 13.7. The molecule has 102 valence electrons. The lowest BCUT2D eigenvalue weighted by Crippen LogP contribution is -2.05. The molecule has 0 heterocycles. The van der Waals surface area contributed by atoms with Crippen LogP contribution in [0.1, 0.15) is 22.3 Å². The van der Waals surface area contributed by atoms with Gasteiger partial charge in [-0.3, -0.25) is 0 Å². The van der Waals surface area contributed by atoms with Crippen LogP contribution in [0.4, 0.5) is 17.6 Å².